The summed E-state index contributed by atoms with van der Waals surface area (Å²) in [4.78, 5) is 51.4. The van der Waals surface area contributed by atoms with Gasteiger partial charge in [0.15, 0.2) is 0 Å². The molecule has 258 valence electrons. The van der Waals surface area contributed by atoms with Gasteiger partial charge in [0.05, 0.1) is 17.6 Å². The second kappa shape index (κ2) is 16.4. The molecule has 12 heteroatoms. The summed E-state index contributed by atoms with van der Waals surface area (Å²) in [6.45, 7) is 0.671. The van der Waals surface area contributed by atoms with Gasteiger partial charge < -0.3 is 31.6 Å². The molecule has 0 saturated heterocycles. The summed E-state index contributed by atoms with van der Waals surface area (Å²) in [6.07, 6.45) is 4.95. The number of para-hydroxylation sites is 1. The van der Waals surface area contributed by atoms with Crippen molar-refractivity contribution in [2.45, 2.75) is 54.4 Å². The van der Waals surface area contributed by atoms with Crippen LogP contribution in [-0.2, 0) is 33.9 Å². The van der Waals surface area contributed by atoms with Crippen molar-refractivity contribution in [2.75, 3.05) is 20.1 Å². The number of nitrogens with one attached hydrogen (secondary N) is 4. The number of fused-ring (bicyclic) bond motifs is 3. The summed E-state index contributed by atoms with van der Waals surface area (Å²) in [7, 11) is 1.60. The molecule has 0 radical (unpaired) electrons. The van der Waals surface area contributed by atoms with Crippen molar-refractivity contribution in [1.82, 2.24) is 30.8 Å². The van der Waals surface area contributed by atoms with Crippen molar-refractivity contribution >= 4 is 52.0 Å². The van der Waals surface area contributed by atoms with Gasteiger partial charge in [0, 0.05) is 54.8 Å². The Morgan fingerprint density at radius 3 is 2.50 bits per heavy atom. The number of hydrogen-bond donors (Lipinski definition) is 5. The largest absolute Gasteiger partial charge is 0.361 e. The van der Waals surface area contributed by atoms with E-state index in [2.05, 4.69) is 25.9 Å². The number of nitrogens with zero attached hydrogens (tertiary/aromatic N) is 2. The topological polar surface area (TPSA) is 145 Å². The van der Waals surface area contributed by atoms with Crippen molar-refractivity contribution < 1.29 is 14.4 Å². The fraction of sp³-hybridized carbons (Fsp3) is 0.263. The number of aromatic amines is 1. The summed E-state index contributed by atoms with van der Waals surface area (Å²) in [5.74, 6) is -1.04. The number of halogens is 1. The molecule has 0 bridgehead atoms. The van der Waals surface area contributed by atoms with Crippen molar-refractivity contribution in [2.24, 2.45) is 5.73 Å². The van der Waals surface area contributed by atoms with Crippen molar-refractivity contribution in [3.8, 4) is 11.1 Å². The van der Waals surface area contributed by atoms with Gasteiger partial charge in [-0.3, -0.25) is 14.4 Å². The standard InChI is InChI=1S/C38H40ClN7O3S/c1-46-33(19-27-21-42-31-13-6-5-12-29(27)31)37(49)44-22-28-17-26(24-9-3-2-4-10-24)18-30(39)35(28)50-38-25(11-8-16-41-38)20-43-32(14-7-15-40)36(48)45-23-34(46)47/h2-6,8-13,16-18,21,32-33,42-43H,7,14-15,19-20,22-23,40H2,1H3,(H,44,49)(H,45,48). The Bertz CT molecular complexity index is 1990. The lowest BCUT2D eigenvalue weighted by atomic mass is 10.0. The maximum absolute atomic E-state index is 14.2. The Morgan fingerprint density at radius 1 is 0.900 bits per heavy atom. The van der Waals surface area contributed by atoms with E-state index in [1.807, 2.05) is 85.1 Å². The van der Waals surface area contributed by atoms with Crippen molar-refractivity contribution in [1.29, 1.82) is 0 Å². The van der Waals surface area contributed by atoms with Crippen LogP contribution >= 0.6 is 23.4 Å². The zero-order chi connectivity index (χ0) is 35.0. The molecule has 0 saturated carbocycles. The molecular formula is C38H40ClN7O3S. The fourth-order valence-electron chi connectivity index (χ4n) is 6.12. The molecule has 5 aromatic rings. The summed E-state index contributed by atoms with van der Waals surface area (Å²) in [5, 5.41) is 11.5. The summed E-state index contributed by atoms with van der Waals surface area (Å²) < 4.78 is 0. The molecule has 1 aliphatic heterocycles. The van der Waals surface area contributed by atoms with Gasteiger partial charge in [-0.25, -0.2) is 4.98 Å². The van der Waals surface area contributed by atoms with E-state index < -0.39 is 12.1 Å². The first-order valence-corrected chi connectivity index (χ1v) is 17.8. The normalized spacial score (nSPS) is 17.8. The Labute approximate surface area is 300 Å². The van der Waals surface area contributed by atoms with Crippen LogP contribution in [0.2, 0.25) is 5.02 Å². The van der Waals surface area contributed by atoms with E-state index in [1.165, 1.54) is 16.7 Å². The first kappa shape index (κ1) is 35.2. The van der Waals surface area contributed by atoms with Crippen LogP contribution < -0.4 is 21.7 Å². The molecule has 3 aromatic carbocycles. The number of amides is 3. The molecule has 0 aliphatic carbocycles. The van der Waals surface area contributed by atoms with E-state index in [4.69, 9.17) is 17.3 Å². The second-order valence-electron chi connectivity index (χ2n) is 12.3. The Hall–Kier alpha value is -4.68. The lowest BCUT2D eigenvalue weighted by Gasteiger charge is -2.28. The van der Waals surface area contributed by atoms with Crippen LogP contribution in [0.5, 0.6) is 0 Å². The average Bonchev–Trinajstić information content (AvgIpc) is 3.55. The van der Waals surface area contributed by atoms with Gasteiger partial charge >= 0.3 is 0 Å². The Balaban J connectivity index is 1.40. The van der Waals surface area contributed by atoms with Crippen LogP contribution in [0.1, 0.15) is 29.5 Å². The lowest BCUT2D eigenvalue weighted by Crippen LogP contribution is -2.52. The van der Waals surface area contributed by atoms with Crippen LogP contribution in [0.15, 0.2) is 101 Å². The Morgan fingerprint density at radius 2 is 1.68 bits per heavy atom. The smallest absolute Gasteiger partial charge is 0.243 e. The zero-order valence-corrected chi connectivity index (χ0v) is 29.3. The summed E-state index contributed by atoms with van der Waals surface area (Å²) in [5.41, 5.74) is 11.2. The molecular weight excluding hydrogens is 670 g/mol. The maximum Gasteiger partial charge on any atom is 0.243 e. The van der Waals surface area contributed by atoms with E-state index in [1.54, 1.807) is 13.2 Å². The predicted molar refractivity (Wildman–Crippen MR) is 198 cm³/mol. The van der Waals surface area contributed by atoms with Crippen LogP contribution in [0.25, 0.3) is 22.0 Å². The molecule has 50 heavy (non-hydrogen) atoms. The van der Waals surface area contributed by atoms with Crippen molar-refractivity contribution in [3.05, 3.63) is 113 Å². The number of carbonyl (C=O) groups excluding carboxylic acids is 3. The monoisotopic (exact) mass is 709 g/mol. The number of pyridine rings is 1. The molecule has 6 rings (SSSR count). The Kier molecular flexibility index (Phi) is 11.5. The first-order chi connectivity index (χ1) is 24.3. The average molecular weight is 710 g/mol. The highest BCUT2D eigenvalue weighted by Crippen LogP contribution is 2.39. The summed E-state index contributed by atoms with van der Waals surface area (Å²) >= 11 is 8.46. The SMILES string of the molecule is CN1C(=O)CNC(=O)C(CCCN)NCc2cccnc2Sc2c(Cl)cc(-c3ccccc3)cc2CNC(=O)C1Cc1c[nH]c2ccccc12. The third kappa shape index (κ3) is 8.19. The number of likely N-dealkylation sites (N-methyl/N-ethyl adjacent to an activating group) is 1. The predicted octanol–water partition coefficient (Wildman–Crippen LogP) is 5.05. The number of H-pyrrole nitrogens is 1. The molecule has 1 aliphatic rings. The van der Waals surface area contributed by atoms with E-state index in [-0.39, 0.29) is 37.2 Å². The van der Waals surface area contributed by atoms with Crippen LogP contribution in [0, 0.1) is 0 Å². The third-order valence-corrected chi connectivity index (χ3v) is 10.6. The number of aromatic nitrogens is 2. The van der Waals surface area contributed by atoms with Crippen LogP contribution in [0.4, 0.5) is 0 Å². The molecule has 3 amide bonds. The minimum absolute atomic E-state index is 0.159. The van der Waals surface area contributed by atoms with E-state index in [9.17, 15) is 14.4 Å². The van der Waals surface area contributed by atoms with Gasteiger partial charge in [-0.05, 0) is 71.5 Å². The van der Waals surface area contributed by atoms with Crippen LogP contribution in [0.3, 0.4) is 0 Å². The molecule has 10 nitrogen and oxygen atoms in total. The maximum atomic E-state index is 14.2. The van der Waals surface area contributed by atoms with Gasteiger partial charge in [-0.2, -0.15) is 0 Å². The number of carbonyl (C=O) groups is 3. The number of nitrogens with two attached hydrogens (primary N) is 1. The highest BCUT2D eigenvalue weighted by Gasteiger charge is 2.30. The highest BCUT2D eigenvalue weighted by atomic mass is 35.5. The van der Waals surface area contributed by atoms with Gasteiger partial charge in [0.1, 0.15) is 11.1 Å². The highest BCUT2D eigenvalue weighted by molar-refractivity contribution is 7.99. The quantitative estimate of drug-likeness (QED) is 0.166. The molecule has 0 spiro atoms. The van der Waals surface area contributed by atoms with Gasteiger partial charge in [0.2, 0.25) is 17.7 Å². The lowest BCUT2D eigenvalue weighted by molar-refractivity contribution is -0.139. The molecule has 6 N–H and O–H groups in total. The van der Waals surface area contributed by atoms with Crippen LogP contribution in [-0.4, -0.2) is 64.8 Å². The minimum Gasteiger partial charge on any atom is -0.361 e. The number of benzene rings is 3. The van der Waals surface area contributed by atoms with Gasteiger partial charge in [-0.1, -0.05) is 78.0 Å². The summed E-state index contributed by atoms with van der Waals surface area (Å²) in [6, 6.07) is 24.1. The molecule has 2 unspecified atom stereocenters. The fourth-order valence-corrected chi connectivity index (χ4v) is 7.47. The minimum atomic E-state index is -0.869. The molecule has 2 aromatic heterocycles. The second-order valence-corrected chi connectivity index (χ2v) is 13.7. The molecule has 2 atom stereocenters. The van der Waals surface area contributed by atoms with Crippen molar-refractivity contribution in [3.63, 3.8) is 0 Å². The zero-order valence-electron chi connectivity index (χ0n) is 27.7. The van der Waals surface area contributed by atoms with E-state index >= 15 is 0 Å². The third-order valence-electron chi connectivity index (χ3n) is 8.95. The molecule has 3 heterocycles. The van der Waals surface area contributed by atoms with Gasteiger partial charge in [0.25, 0.3) is 0 Å². The van der Waals surface area contributed by atoms with Gasteiger partial charge in [-0.15, -0.1) is 0 Å². The number of rotatable bonds is 6. The first-order valence-electron chi connectivity index (χ1n) is 16.6. The van der Waals surface area contributed by atoms with E-state index in [0.717, 1.165) is 48.6 Å². The number of hydrogen-bond acceptors (Lipinski definition) is 7. The van der Waals surface area contributed by atoms with E-state index in [0.29, 0.717) is 31.0 Å². The molecule has 0 fully saturated rings.